The number of carbonyl (C=O) groups is 4. The molecule has 0 atom stereocenters. The van der Waals surface area contributed by atoms with Crippen molar-refractivity contribution in [2.45, 2.75) is 0 Å². The van der Waals surface area contributed by atoms with E-state index in [0.717, 1.165) is 36.4 Å². The van der Waals surface area contributed by atoms with Crippen molar-refractivity contribution in [3.8, 4) is 11.5 Å². The lowest BCUT2D eigenvalue weighted by molar-refractivity contribution is 0.0676. The molecule has 2 rings (SSSR count). The van der Waals surface area contributed by atoms with Gasteiger partial charge in [0.05, 0.1) is 22.3 Å². The summed E-state index contributed by atoms with van der Waals surface area (Å²) in [5, 5.41) is 36.0. The number of aromatic carboxylic acids is 4. The minimum atomic E-state index is -3.48. The maximum Gasteiger partial charge on any atom is 0.418 e. The fourth-order valence-corrected chi connectivity index (χ4v) is 2.69. The van der Waals surface area contributed by atoms with E-state index in [1.807, 2.05) is 0 Å². The number of benzene rings is 2. The molecule has 2 aromatic carbocycles. The molecule has 0 saturated carbocycles. The van der Waals surface area contributed by atoms with Crippen molar-refractivity contribution in [2.24, 2.45) is 0 Å². The summed E-state index contributed by atoms with van der Waals surface area (Å²) in [4.78, 5) is 44.2. The summed E-state index contributed by atoms with van der Waals surface area (Å²) in [5.74, 6) is -6.56. The molecule has 2 aromatic rings. The first-order valence-corrected chi connectivity index (χ1v) is 8.42. The highest BCUT2D eigenvalue weighted by molar-refractivity contribution is 7.34. The van der Waals surface area contributed by atoms with Crippen molar-refractivity contribution >= 4 is 32.1 Å². The second kappa shape index (κ2) is 8.23. The van der Waals surface area contributed by atoms with Crippen molar-refractivity contribution < 1.29 is 53.2 Å². The Morgan fingerprint density at radius 1 is 0.571 bits per heavy atom. The van der Waals surface area contributed by atoms with Crippen LogP contribution in [0.3, 0.4) is 0 Å². The van der Waals surface area contributed by atoms with E-state index in [4.69, 9.17) is 29.5 Å². The average molecular weight is 410 g/mol. The fraction of sp³-hybridized carbons (Fsp3) is 0. The minimum Gasteiger partial charge on any atom is -0.478 e. The van der Waals surface area contributed by atoms with Crippen LogP contribution in [-0.2, 0) is 4.57 Å². The Balaban J connectivity index is 2.29. The normalized spacial score (nSPS) is 10.3. The predicted octanol–water partition coefficient (Wildman–Crippen LogP) is 2.33. The lowest BCUT2D eigenvalue weighted by atomic mass is 10.1. The number of carboxylic acids is 4. The van der Waals surface area contributed by atoms with Gasteiger partial charge in [0.2, 0.25) is 0 Å². The molecule has 0 bridgehead atoms. The zero-order valence-electron chi connectivity index (χ0n) is 13.6. The van der Waals surface area contributed by atoms with Crippen LogP contribution in [0.5, 0.6) is 11.5 Å². The van der Waals surface area contributed by atoms with Gasteiger partial charge >= 0.3 is 32.1 Å². The summed E-state index contributed by atoms with van der Waals surface area (Å²) in [7, 11) is -3.48. The molecule has 0 amide bonds. The van der Waals surface area contributed by atoms with Crippen LogP contribution in [0.15, 0.2) is 36.4 Å². The Hall–Kier alpha value is -3.85. The SMILES string of the molecule is O=C(O)c1cc(O[PH](=O)Oc2cc(C(=O)O)cc(C(=O)O)c2)cc(C(=O)O)c1. The molecule has 11 nitrogen and oxygen atoms in total. The summed E-state index contributed by atoms with van der Waals surface area (Å²) in [6.07, 6.45) is 0. The van der Waals surface area contributed by atoms with Crippen molar-refractivity contribution in [2.75, 3.05) is 0 Å². The van der Waals surface area contributed by atoms with E-state index >= 15 is 0 Å². The fourth-order valence-electron chi connectivity index (χ4n) is 2.02. The quantitative estimate of drug-likeness (QED) is 0.468. The maximum atomic E-state index is 12.1. The van der Waals surface area contributed by atoms with Crippen LogP contribution in [0, 0.1) is 0 Å². The van der Waals surface area contributed by atoms with E-state index in [9.17, 15) is 23.7 Å². The summed E-state index contributed by atoms with van der Waals surface area (Å²) in [5.41, 5.74) is -1.76. The van der Waals surface area contributed by atoms with Crippen LogP contribution in [-0.4, -0.2) is 44.3 Å². The summed E-state index contributed by atoms with van der Waals surface area (Å²) in [6, 6.07) is 5.39. The van der Waals surface area contributed by atoms with E-state index in [2.05, 4.69) is 0 Å². The molecule has 0 aliphatic rings. The molecule has 0 fully saturated rings. The molecular weight excluding hydrogens is 399 g/mol. The number of hydrogen-bond donors (Lipinski definition) is 4. The number of hydrogen-bond acceptors (Lipinski definition) is 7. The van der Waals surface area contributed by atoms with Gasteiger partial charge in [-0.3, -0.25) is 0 Å². The molecule has 0 radical (unpaired) electrons. The molecule has 0 aromatic heterocycles. The van der Waals surface area contributed by atoms with E-state index in [-0.39, 0.29) is 11.5 Å². The molecule has 28 heavy (non-hydrogen) atoms. The third kappa shape index (κ3) is 5.08. The summed E-state index contributed by atoms with van der Waals surface area (Å²) >= 11 is 0. The lowest BCUT2D eigenvalue weighted by Crippen LogP contribution is -2.04. The van der Waals surface area contributed by atoms with Crippen LogP contribution in [0.2, 0.25) is 0 Å². The molecule has 12 heteroatoms. The largest absolute Gasteiger partial charge is 0.478 e. The Morgan fingerprint density at radius 2 is 0.821 bits per heavy atom. The highest BCUT2D eigenvalue weighted by atomic mass is 31.1. The van der Waals surface area contributed by atoms with Crippen molar-refractivity contribution in [1.29, 1.82) is 0 Å². The van der Waals surface area contributed by atoms with Gasteiger partial charge in [0.1, 0.15) is 11.5 Å². The van der Waals surface area contributed by atoms with Crippen LogP contribution >= 0.6 is 8.25 Å². The Labute approximate surface area is 156 Å². The van der Waals surface area contributed by atoms with Gasteiger partial charge < -0.3 is 29.5 Å². The zero-order chi connectivity index (χ0) is 21.0. The molecule has 0 spiro atoms. The van der Waals surface area contributed by atoms with E-state index in [1.165, 1.54) is 0 Å². The lowest BCUT2D eigenvalue weighted by Gasteiger charge is -2.10. The molecular formula is C16H11O11P. The molecule has 0 heterocycles. The maximum absolute atomic E-state index is 12.1. The molecule has 0 aliphatic carbocycles. The van der Waals surface area contributed by atoms with Gasteiger partial charge in [-0.1, -0.05) is 0 Å². The van der Waals surface area contributed by atoms with Gasteiger partial charge in [0.15, 0.2) is 0 Å². The van der Waals surface area contributed by atoms with Crippen molar-refractivity contribution in [3.05, 3.63) is 58.7 Å². The first-order valence-electron chi connectivity index (χ1n) is 7.20. The van der Waals surface area contributed by atoms with Gasteiger partial charge in [-0.25, -0.2) is 23.7 Å². The zero-order valence-corrected chi connectivity index (χ0v) is 14.6. The third-order valence-corrected chi connectivity index (χ3v) is 4.01. The summed E-state index contributed by atoms with van der Waals surface area (Å²) in [6.45, 7) is 0. The van der Waals surface area contributed by atoms with Gasteiger partial charge in [0.25, 0.3) is 0 Å². The number of rotatable bonds is 8. The van der Waals surface area contributed by atoms with Gasteiger partial charge in [-0.15, -0.1) is 0 Å². The van der Waals surface area contributed by atoms with Crippen LogP contribution in [0.1, 0.15) is 41.4 Å². The van der Waals surface area contributed by atoms with Crippen molar-refractivity contribution in [3.63, 3.8) is 0 Å². The van der Waals surface area contributed by atoms with Crippen LogP contribution in [0.4, 0.5) is 0 Å². The Bertz CT molecular complexity index is 868. The average Bonchev–Trinajstić information content (AvgIpc) is 2.60. The second-order valence-corrected chi connectivity index (χ2v) is 6.08. The van der Waals surface area contributed by atoms with E-state index in [1.54, 1.807) is 0 Å². The van der Waals surface area contributed by atoms with Crippen LogP contribution < -0.4 is 9.05 Å². The minimum absolute atomic E-state index is 0.381. The second-order valence-electron chi connectivity index (χ2n) is 5.17. The molecule has 0 saturated heterocycles. The topological polar surface area (TPSA) is 185 Å². The first kappa shape index (κ1) is 20.5. The highest BCUT2D eigenvalue weighted by Gasteiger charge is 2.16. The monoisotopic (exact) mass is 410 g/mol. The first-order chi connectivity index (χ1) is 13.1. The molecule has 146 valence electrons. The highest BCUT2D eigenvalue weighted by Crippen LogP contribution is 2.32. The molecule has 0 unspecified atom stereocenters. The van der Waals surface area contributed by atoms with Crippen molar-refractivity contribution in [1.82, 2.24) is 0 Å². The van der Waals surface area contributed by atoms with Gasteiger partial charge in [-0.2, -0.15) is 0 Å². The standard InChI is InChI=1S/C16H11O11P/c17-13(18)7-1-8(14(19)20)4-11(3-7)26-28(25)27-12-5-9(15(21)22)2-10(6-12)16(23)24/h1-6,28H,(H,17,18)(H,19,20)(H,21,22)(H,23,24). The molecule has 0 aliphatic heterocycles. The van der Waals surface area contributed by atoms with Gasteiger partial charge in [0, 0.05) is 0 Å². The smallest absolute Gasteiger partial charge is 0.418 e. The van der Waals surface area contributed by atoms with Crippen LogP contribution in [0.25, 0.3) is 0 Å². The predicted molar refractivity (Wildman–Crippen MR) is 91.0 cm³/mol. The van der Waals surface area contributed by atoms with E-state index in [0.29, 0.717) is 0 Å². The number of carboxylic acid groups (broad SMARTS) is 4. The van der Waals surface area contributed by atoms with Gasteiger partial charge in [-0.05, 0) is 36.4 Å². The van der Waals surface area contributed by atoms with E-state index < -0.39 is 54.4 Å². The third-order valence-electron chi connectivity index (χ3n) is 3.20. The molecule has 4 N–H and O–H groups in total. The Kier molecular flexibility index (Phi) is 6.01. The summed E-state index contributed by atoms with van der Waals surface area (Å²) < 4.78 is 21.9. The Morgan fingerprint density at radius 3 is 1.04 bits per heavy atom.